The Kier molecular flexibility index (Phi) is 3.32. The maximum Gasteiger partial charge on any atom is 0.254 e. The monoisotopic (exact) mass is 250 g/mol. The summed E-state index contributed by atoms with van der Waals surface area (Å²) in [5.74, 6) is -0.912. The second-order valence-electron chi connectivity index (χ2n) is 4.33. The number of nitrogens with zero attached hydrogens (tertiary/aromatic N) is 1. The van der Waals surface area contributed by atoms with Gasteiger partial charge in [0.2, 0.25) is 5.91 Å². The van der Waals surface area contributed by atoms with Gasteiger partial charge in [-0.2, -0.15) is 0 Å². The lowest BCUT2D eigenvalue weighted by atomic mass is 10.1. The number of nitrogens with one attached hydrogen (secondary N) is 1. The largest absolute Gasteiger partial charge is 0.341 e. The van der Waals surface area contributed by atoms with Crippen LogP contribution in [0.2, 0.25) is 0 Å². The summed E-state index contributed by atoms with van der Waals surface area (Å²) < 4.78 is 13.3. The summed E-state index contributed by atoms with van der Waals surface area (Å²) >= 11 is 0. The Morgan fingerprint density at radius 3 is 2.83 bits per heavy atom. The first kappa shape index (κ1) is 12.5. The normalized spacial score (nSPS) is 17.8. The minimum atomic E-state index is -0.764. The fourth-order valence-electron chi connectivity index (χ4n) is 2.21. The van der Waals surface area contributed by atoms with Crippen LogP contribution in [0.15, 0.2) is 18.2 Å². The van der Waals surface area contributed by atoms with E-state index in [1.807, 2.05) is 6.92 Å². The zero-order valence-electron chi connectivity index (χ0n) is 10.4. The van der Waals surface area contributed by atoms with E-state index in [-0.39, 0.29) is 11.8 Å². The highest BCUT2D eigenvalue weighted by Crippen LogP contribution is 2.36. The Bertz CT molecular complexity index is 502. The third kappa shape index (κ3) is 2.08. The molecular weight excluding hydrogens is 235 g/mol. The van der Waals surface area contributed by atoms with Gasteiger partial charge in [0.25, 0.3) is 5.91 Å². The van der Waals surface area contributed by atoms with Crippen LogP contribution in [0.1, 0.15) is 31.9 Å². The Hall–Kier alpha value is -1.91. The van der Waals surface area contributed by atoms with Crippen LogP contribution in [0, 0.1) is 5.82 Å². The van der Waals surface area contributed by atoms with Crippen LogP contribution in [0.25, 0.3) is 0 Å². The minimum absolute atomic E-state index is 0.201. The van der Waals surface area contributed by atoms with Gasteiger partial charge in [-0.05, 0) is 24.6 Å². The average Bonchev–Trinajstić information content (AvgIpc) is 2.54. The molecule has 1 N–H and O–H groups in total. The van der Waals surface area contributed by atoms with Gasteiger partial charge in [-0.3, -0.25) is 9.59 Å². The molecule has 0 radical (unpaired) electrons. The van der Waals surface area contributed by atoms with Crippen molar-refractivity contribution >= 4 is 17.5 Å². The third-order valence-corrected chi connectivity index (χ3v) is 2.90. The number of fused-ring (bicyclic) bond motifs is 1. The standard InChI is InChI=1S/C13H15FN2O2/c1-3-6-16-11-5-4-9(14)7-10(11)12(13(16)18)15-8(2)17/h4-5,7,12H,3,6H2,1-2H3,(H,15,17)/t12-/m1/s1. The van der Waals surface area contributed by atoms with E-state index in [9.17, 15) is 14.0 Å². The van der Waals surface area contributed by atoms with E-state index < -0.39 is 11.9 Å². The predicted octanol–water partition coefficient (Wildman–Crippen LogP) is 1.76. The molecule has 0 unspecified atom stereocenters. The van der Waals surface area contributed by atoms with Crippen LogP contribution < -0.4 is 10.2 Å². The van der Waals surface area contributed by atoms with Gasteiger partial charge in [-0.1, -0.05) is 6.92 Å². The Morgan fingerprint density at radius 1 is 1.50 bits per heavy atom. The highest BCUT2D eigenvalue weighted by atomic mass is 19.1. The van der Waals surface area contributed by atoms with Gasteiger partial charge in [0.1, 0.15) is 11.9 Å². The number of benzene rings is 1. The highest BCUT2D eigenvalue weighted by molar-refractivity contribution is 6.06. The van der Waals surface area contributed by atoms with Gasteiger partial charge >= 0.3 is 0 Å². The lowest BCUT2D eigenvalue weighted by Crippen LogP contribution is -2.36. The predicted molar refractivity (Wildman–Crippen MR) is 65.6 cm³/mol. The molecule has 1 aliphatic heterocycles. The molecule has 1 heterocycles. The van der Waals surface area contributed by atoms with Gasteiger partial charge in [0, 0.05) is 24.7 Å². The number of hydrogen-bond acceptors (Lipinski definition) is 2. The van der Waals surface area contributed by atoms with E-state index >= 15 is 0 Å². The molecule has 1 atom stereocenters. The molecule has 18 heavy (non-hydrogen) atoms. The van der Waals surface area contributed by atoms with Crippen molar-refractivity contribution in [1.29, 1.82) is 0 Å². The SMILES string of the molecule is CCCN1C(=O)[C@H](NC(C)=O)c2cc(F)ccc21. The van der Waals surface area contributed by atoms with Crippen molar-refractivity contribution in [3.63, 3.8) is 0 Å². The lowest BCUT2D eigenvalue weighted by molar-refractivity contribution is -0.126. The van der Waals surface area contributed by atoms with Crippen LogP contribution in [0.3, 0.4) is 0 Å². The summed E-state index contributed by atoms with van der Waals surface area (Å²) in [4.78, 5) is 24.9. The van der Waals surface area contributed by atoms with Gasteiger partial charge in [-0.15, -0.1) is 0 Å². The molecule has 0 aromatic heterocycles. The van der Waals surface area contributed by atoms with E-state index in [1.54, 1.807) is 11.0 Å². The number of rotatable bonds is 3. The molecule has 1 aromatic carbocycles. The molecule has 0 aliphatic carbocycles. The minimum Gasteiger partial charge on any atom is -0.341 e. The van der Waals surface area contributed by atoms with Crippen molar-refractivity contribution in [3.05, 3.63) is 29.6 Å². The first-order valence-electron chi connectivity index (χ1n) is 5.92. The van der Waals surface area contributed by atoms with Crippen LogP contribution in [-0.2, 0) is 9.59 Å². The summed E-state index contributed by atoms with van der Waals surface area (Å²) in [5, 5.41) is 2.57. The number of halogens is 1. The van der Waals surface area contributed by atoms with E-state index in [0.29, 0.717) is 17.8 Å². The summed E-state index contributed by atoms with van der Waals surface area (Å²) in [6, 6.07) is 3.45. The van der Waals surface area contributed by atoms with Crippen molar-refractivity contribution in [2.75, 3.05) is 11.4 Å². The molecule has 2 rings (SSSR count). The Morgan fingerprint density at radius 2 is 2.22 bits per heavy atom. The van der Waals surface area contributed by atoms with Crippen molar-refractivity contribution < 1.29 is 14.0 Å². The topological polar surface area (TPSA) is 49.4 Å². The van der Waals surface area contributed by atoms with Gasteiger partial charge in [-0.25, -0.2) is 4.39 Å². The van der Waals surface area contributed by atoms with E-state index in [2.05, 4.69) is 5.32 Å². The van der Waals surface area contributed by atoms with Crippen LogP contribution >= 0.6 is 0 Å². The number of carbonyl (C=O) groups is 2. The number of amides is 2. The molecule has 0 saturated heterocycles. The summed E-state index contributed by atoms with van der Waals surface area (Å²) in [7, 11) is 0. The number of anilines is 1. The number of hydrogen-bond donors (Lipinski definition) is 1. The summed E-state index contributed by atoms with van der Waals surface area (Å²) in [6.07, 6.45) is 0.801. The molecule has 96 valence electrons. The fraction of sp³-hybridized carbons (Fsp3) is 0.385. The zero-order chi connectivity index (χ0) is 13.3. The van der Waals surface area contributed by atoms with Gasteiger partial charge in [0.15, 0.2) is 0 Å². The van der Waals surface area contributed by atoms with Gasteiger partial charge in [0.05, 0.1) is 0 Å². The zero-order valence-corrected chi connectivity index (χ0v) is 10.4. The second kappa shape index (κ2) is 4.76. The molecule has 0 spiro atoms. The summed E-state index contributed by atoms with van der Waals surface area (Å²) in [5.41, 5.74) is 1.21. The first-order valence-corrected chi connectivity index (χ1v) is 5.92. The van der Waals surface area contributed by atoms with Crippen LogP contribution in [0.4, 0.5) is 10.1 Å². The molecule has 0 fully saturated rings. The van der Waals surface area contributed by atoms with Gasteiger partial charge < -0.3 is 10.2 Å². The molecular formula is C13H15FN2O2. The van der Waals surface area contributed by atoms with Crippen LogP contribution in [-0.4, -0.2) is 18.4 Å². The molecule has 5 heteroatoms. The van der Waals surface area contributed by atoms with E-state index in [0.717, 1.165) is 6.42 Å². The summed E-state index contributed by atoms with van der Waals surface area (Å²) in [6.45, 7) is 3.87. The maximum absolute atomic E-state index is 13.3. The fourth-order valence-corrected chi connectivity index (χ4v) is 2.21. The molecule has 1 aliphatic rings. The molecule has 4 nitrogen and oxygen atoms in total. The van der Waals surface area contributed by atoms with Crippen molar-refractivity contribution in [3.8, 4) is 0 Å². The quantitative estimate of drug-likeness (QED) is 0.888. The van der Waals surface area contributed by atoms with E-state index in [4.69, 9.17) is 0 Å². The Balaban J connectivity index is 2.43. The number of carbonyl (C=O) groups excluding carboxylic acids is 2. The Labute approximate surface area is 105 Å². The van der Waals surface area contributed by atoms with E-state index in [1.165, 1.54) is 19.1 Å². The molecule has 2 amide bonds. The molecule has 0 saturated carbocycles. The van der Waals surface area contributed by atoms with Crippen LogP contribution in [0.5, 0.6) is 0 Å². The molecule has 0 bridgehead atoms. The first-order chi connectivity index (χ1) is 8.54. The maximum atomic E-state index is 13.3. The van der Waals surface area contributed by atoms with Crippen molar-refractivity contribution in [2.24, 2.45) is 0 Å². The van der Waals surface area contributed by atoms with Crippen molar-refractivity contribution in [2.45, 2.75) is 26.3 Å². The molecule has 1 aromatic rings. The second-order valence-corrected chi connectivity index (χ2v) is 4.33. The highest BCUT2D eigenvalue weighted by Gasteiger charge is 2.37. The van der Waals surface area contributed by atoms with Crippen molar-refractivity contribution in [1.82, 2.24) is 5.32 Å². The average molecular weight is 250 g/mol. The smallest absolute Gasteiger partial charge is 0.254 e. The third-order valence-electron chi connectivity index (χ3n) is 2.90. The lowest BCUT2D eigenvalue weighted by Gasteiger charge is -2.16.